The fourth-order valence-corrected chi connectivity index (χ4v) is 1.53. The summed E-state index contributed by atoms with van der Waals surface area (Å²) in [6.07, 6.45) is 2.59. The van der Waals surface area contributed by atoms with Crippen molar-refractivity contribution in [2.45, 2.75) is 6.42 Å². The molecule has 0 aliphatic carbocycles. The topological polar surface area (TPSA) is 26.3 Å². The van der Waals surface area contributed by atoms with Crippen molar-refractivity contribution in [2.75, 3.05) is 19.1 Å². The summed E-state index contributed by atoms with van der Waals surface area (Å²) >= 11 is 1.68. The molecule has 0 N–H and O–H groups in total. The van der Waals surface area contributed by atoms with Gasteiger partial charge in [-0.2, -0.15) is 11.8 Å². The third kappa shape index (κ3) is 3.07. The van der Waals surface area contributed by atoms with E-state index in [4.69, 9.17) is 4.74 Å². The number of hydrogen-bond donors (Lipinski definition) is 0. The highest BCUT2D eigenvalue weighted by Crippen LogP contribution is 2.14. The minimum atomic E-state index is 0.179. The molecule has 0 radical (unpaired) electrons. The third-order valence-corrected chi connectivity index (χ3v) is 2.54. The SMILES string of the molecule is COc1cccc(C(=O)CCSC)c1. The van der Waals surface area contributed by atoms with Crippen LogP contribution in [0.25, 0.3) is 0 Å². The van der Waals surface area contributed by atoms with Crippen molar-refractivity contribution in [2.24, 2.45) is 0 Å². The van der Waals surface area contributed by atoms with Crippen molar-refractivity contribution in [3.63, 3.8) is 0 Å². The molecule has 0 fully saturated rings. The van der Waals surface area contributed by atoms with E-state index in [1.54, 1.807) is 24.9 Å². The van der Waals surface area contributed by atoms with E-state index in [9.17, 15) is 4.79 Å². The summed E-state index contributed by atoms with van der Waals surface area (Å²) in [5, 5.41) is 0. The summed E-state index contributed by atoms with van der Waals surface area (Å²) in [7, 11) is 1.60. The zero-order valence-corrected chi connectivity index (χ0v) is 9.26. The second-order valence-electron chi connectivity index (χ2n) is 2.90. The number of carbonyl (C=O) groups excluding carboxylic acids is 1. The average Bonchev–Trinajstić information content (AvgIpc) is 2.26. The Morgan fingerprint density at radius 1 is 1.50 bits per heavy atom. The number of methoxy groups -OCH3 is 1. The molecule has 0 saturated carbocycles. The van der Waals surface area contributed by atoms with Crippen LogP contribution in [0.5, 0.6) is 5.75 Å². The van der Waals surface area contributed by atoms with Crippen molar-refractivity contribution in [3.8, 4) is 5.75 Å². The van der Waals surface area contributed by atoms with Crippen molar-refractivity contribution in [1.29, 1.82) is 0 Å². The van der Waals surface area contributed by atoms with E-state index in [-0.39, 0.29) is 5.78 Å². The largest absolute Gasteiger partial charge is 0.497 e. The Balaban J connectivity index is 2.69. The molecule has 14 heavy (non-hydrogen) atoms. The van der Waals surface area contributed by atoms with Gasteiger partial charge in [0.15, 0.2) is 5.78 Å². The molecule has 0 aliphatic heterocycles. The van der Waals surface area contributed by atoms with Crippen LogP contribution in [-0.2, 0) is 0 Å². The van der Waals surface area contributed by atoms with Gasteiger partial charge >= 0.3 is 0 Å². The number of carbonyl (C=O) groups is 1. The number of benzene rings is 1. The summed E-state index contributed by atoms with van der Waals surface area (Å²) in [5.41, 5.74) is 0.735. The summed E-state index contributed by atoms with van der Waals surface area (Å²) < 4.78 is 5.05. The number of ether oxygens (including phenoxy) is 1. The lowest BCUT2D eigenvalue weighted by Crippen LogP contribution is -2.00. The van der Waals surface area contributed by atoms with Gasteiger partial charge in [0.25, 0.3) is 0 Å². The quantitative estimate of drug-likeness (QED) is 0.699. The number of thioether (sulfide) groups is 1. The van der Waals surface area contributed by atoms with E-state index in [2.05, 4.69) is 0 Å². The minimum absolute atomic E-state index is 0.179. The van der Waals surface area contributed by atoms with E-state index < -0.39 is 0 Å². The van der Waals surface area contributed by atoms with E-state index >= 15 is 0 Å². The molecule has 0 atom stereocenters. The maximum absolute atomic E-state index is 11.6. The van der Waals surface area contributed by atoms with Crippen LogP contribution in [0.3, 0.4) is 0 Å². The molecule has 0 bridgehead atoms. The lowest BCUT2D eigenvalue weighted by Gasteiger charge is -2.02. The molecule has 0 amide bonds. The lowest BCUT2D eigenvalue weighted by atomic mass is 10.1. The molecule has 0 aromatic heterocycles. The van der Waals surface area contributed by atoms with Crippen molar-refractivity contribution in [1.82, 2.24) is 0 Å². The fourth-order valence-electron chi connectivity index (χ4n) is 1.14. The van der Waals surface area contributed by atoms with Gasteiger partial charge in [0, 0.05) is 17.7 Å². The number of ketones is 1. The Labute approximate surface area is 88.7 Å². The Kier molecular flexibility index (Phi) is 4.53. The Morgan fingerprint density at radius 3 is 2.93 bits per heavy atom. The average molecular weight is 210 g/mol. The van der Waals surface area contributed by atoms with Gasteiger partial charge in [0.1, 0.15) is 5.75 Å². The molecule has 0 spiro atoms. The minimum Gasteiger partial charge on any atom is -0.497 e. The van der Waals surface area contributed by atoms with Gasteiger partial charge in [0.2, 0.25) is 0 Å². The number of rotatable bonds is 5. The van der Waals surface area contributed by atoms with Gasteiger partial charge < -0.3 is 4.74 Å². The van der Waals surface area contributed by atoms with Gasteiger partial charge in [-0.25, -0.2) is 0 Å². The lowest BCUT2D eigenvalue weighted by molar-refractivity contribution is 0.0989. The number of Topliss-reactive ketones (excluding diaryl/α,β-unsaturated/α-hetero) is 1. The summed E-state index contributed by atoms with van der Waals surface area (Å²) in [4.78, 5) is 11.6. The zero-order valence-electron chi connectivity index (χ0n) is 8.45. The Bertz CT molecular complexity index is 310. The van der Waals surface area contributed by atoms with Gasteiger partial charge in [-0.15, -0.1) is 0 Å². The van der Waals surface area contributed by atoms with E-state index in [0.29, 0.717) is 6.42 Å². The van der Waals surface area contributed by atoms with Crippen LogP contribution in [-0.4, -0.2) is 24.9 Å². The van der Waals surface area contributed by atoms with Crippen molar-refractivity contribution in [3.05, 3.63) is 29.8 Å². The maximum Gasteiger partial charge on any atom is 0.163 e. The molecule has 1 aromatic carbocycles. The van der Waals surface area contributed by atoms with Crippen LogP contribution in [0, 0.1) is 0 Å². The third-order valence-electron chi connectivity index (χ3n) is 1.92. The number of hydrogen-bond acceptors (Lipinski definition) is 3. The first-order valence-electron chi connectivity index (χ1n) is 4.44. The monoisotopic (exact) mass is 210 g/mol. The summed E-state index contributed by atoms with van der Waals surface area (Å²) in [6.45, 7) is 0. The van der Waals surface area contributed by atoms with E-state index in [1.807, 2.05) is 24.5 Å². The molecule has 3 heteroatoms. The molecule has 1 aromatic rings. The van der Waals surface area contributed by atoms with Crippen LogP contribution in [0.4, 0.5) is 0 Å². The molecule has 0 unspecified atom stereocenters. The predicted octanol–water partition coefficient (Wildman–Crippen LogP) is 2.63. The highest BCUT2D eigenvalue weighted by molar-refractivity contribution is 7.98. The predicted molar refractivity (Wildman–Crippen MR) is 60.3 cm³/mol. The van der Waals surface area contributed by atoms with Crippen molar-refractivity contribution < 1.29 is 9.53 Å². The maximum atomic E-state index is 11.6. The van der Waals surface area contributed by atoms with Gasteiger partial charge in [-0.05, 0) is 18.4 Å². The van der Waals surface area contributed by atoms with Gasteiger partial charge in [0.05, 0.1) is 7.11 Å². The molecule has 76 valence electrons. The highest BCUT2D eigenvalue weighted by Gasteiger charge is 2.05. The van der Waals surface area contributed by atoms with Crippen LogP contribution in [0.15, 0.2) is 24.3 Å². The fraction of sp³-hybridized carbons (Fsp3) is 0.364. The van der Waals surface area contributed by atoms with Crippen molar-refractivity contribution >= 4 is 17.5 Å². The molecule has 1 rings (SSSR count). The van der Waals surface area contributed by atoms with Crippen LogP contribution in [0.2, 0.25) is 0 Å². The molecule has 2 nitrogen and oxygen atoms in total. The molecule has 0 heterocycles. The van der Waals surface area contributed by atoms with Gasteiger partial charge in [-0.1, -0.05) is 12.1 Å². The van der Waals surface area contributed by atoms with Crippen LogP contribution in [0.1, 0.15) is 16.8 Å². The van der Waals surface area contributed by atoms with E-state index in [1.165, 1.54) is 0 Å². The molecule has 0 aliphatic rings. The highest BCUT2D eigenvalue weighted by atomic mass is 32.2. The smallest absolute Gasteiger partial charge is 0.163 e. The van der Waals surface area contributed by atoms with Crippen LogP contribution >= 0.6 is 11.8 Å². The first kappa shape index (κ1) is 11.1. The second kappa shape index (κ2) is 5.70. The summed E-state index contributed by atoms with van der Waals surface area (Å²) in [6, 6.07) is 7.28. The Morgan fingerprint density at radius 2 is 2.29 bits per heavy atom. The van der Waals surface area contributed by atoms with Gasteiger partial charge in [-0.3, -0.25) is 4.79 Å². The Hall–Kier alpha value is -0.960. The van der Waals surface area contributed by atoms with E-state index in [0.717, 1.165) is 17.1 Å². The first-order valence-corrected chi connectivity index (χ1v) is 5.83. The second-order valence-corrected chi connectivity index (χ2v) is 3.88. The first-order chi connectivity index (χ1) is 6.77. The molecular weight excluding hydrogens is 196 g/mol. The molecule has 0 saturated heterocycles. The zero-order chi connectivity index (χ0) is 10.4. The summed E-state index contributed by atoms with van der Waals surface area (Å²) in [5.74, 6) is 1.79. The normalized spacial score (nSPS) is 9.86. The standard InChI is InChI=1S/C11H14O2S/c1-13-10-5-3-4-9(8-10)11(12)6-7-14-2/h3-5,8H,6-7H2,1-2H3. The molecular formula is C11H14O2S. The van der Waals surface area contributed by atoms with Crippen LogP contribution < -0.4 is 4.74 Å².